The average molecular weight is 316 g/mol. The Kier molecular flexibility index (Phi) is 5.26. The van der Waals surface area contributed by atoms with E-state index < -0.39 is 0 Å². The number of hydrogen-bond donors (Lipinski definition) is 2. The van der Waals surface area contributed by atoms with Gasteiger partial charge < -0.3 is 10.6 Å². The molecule has 0 fully saturated rings. The molecule has 122 valence electrons. The van der Waals surface area contributed by atoms with Crippen molar-refractivity contribution in [3.05, 3.63) is 53.9 Å². The van der Waals surface area contributed by atoms with Crippen LogP contribution in [0.1, 0.15) is 32.2 Å². The van der Waals surface area contributed by atoms with Gasteiger partial charge in [0.25, 0.3) is 0 Å². The van der Waals surface area contributed by atoms with Gasteiger partial charge in [0, 0.05) is 12.0 Å². The second kappa shape index (κ2) is 7.17. The maximum Gasteiger partial charge on any atom is 0.319 e. The second-order valence-electron chi connectivity index (χ2n) is 6.27. The van der Waals surface area contributed by atoms with Gasteiger partial charge in [-0.1, -0.05) is 39.0 Å². The third kappa shape index (κ3) is 5.02. The largest absolute Gasteiger partial charge is 0.338 e. The van der Waals surface area contributed by atoms with Crippen molar-refractivity contribution in [2.45, 2.75) is 32.6 Å². The zero-order valence-corrected chi connectivity index (χ0v) is 13.6. The molecule has 0 spiro atoms. The van der Waals surface area contributed by atoms with E-state index in [1.165, 1.54) is 6.07 Å². The number of carbonyl (C=O) groups excluding carboxylic acids is 1. The Morgan fingerprint density at radius 2 is 1.83 bits per heavy atom. The first-order chi connectivity index (χ1) is 10.9. The zero-order chi connectivity index (χ0) is 16.9. The number of halogens is 1. The average Bonchev–Trinajstić information content (AvgIpc) is 2.49. The van der Waals surface area contributed by atoms with E-state index in [-0.39, 0.29) is 17.3 Å². The Bertz CT molecular complexity index is 665. The van der Waals surface area contributed by atoms with Crippen molar-refractivity contribution in [3.8, 4) is 0 Å². The molecular weight excluding hydrogens is 295 g/mol. The molecule has 6 heteroatoms. The SMILES string of the molecule is CC(C)(C)c1ncc(NC(=O)NCCc2ccccc2F)cn1. The van der Waals surface area contributed by atoms with Crippen LogP contribution in [-0.4, -0.2) is 22.5 Å². The minimum Gasteiger partial charge on any atom is -0.338 e. The predicted octanol–water partition coefficient (Wildman–Crippen LogP) is 3.28. The summed E-state index contributed by atoms with van der Waals surface area (Å²) < 4.78 is 13.5. The van der Waals surface area contributed by atoms with E-state index in [1.54, 1.807) is 30.6 Å². The van der Waals surface area contributed by atoms with Gasteiger partial charge in [0.1, 0.15) is 11.6 Å². The first kappa shape index (κ1) is 16.9. The van der Waals surface area contributed by atoms with Gasteiger partial charge in [0.2, 0.25) is 0 Å². The highest BCUT2D eigenvalue weighted by Gasteiger charge is 2.16. The van der Waals surface area contributed by atoms with Crippen LogP contribution in [0.5, 0.6) is 0 Å². The van der Waals surface area contributed by atoms with E-state index in [0.717, 1.165) is 0 Å². The van der Waals surface area contributed by atoms with Gasteiger partial charge in [-0.2, -0.15) is 0 Å². The fourth-order valence-corrected chi connectivity index (χ4v) is 1.97. The number of hydrogen-bond acceptors (Lipinski definition) is 3. The maximum atomic E-state index is 13.5. The Morgan fingerprint density at radius 3 is 2.43 bits per heavy atom. The molecule has 2 aromatic rings. The maximum absolute atomic E-state index is 13.5. The standard InChI is InChI=1S/C17H21FN4O/c1-17(2,3)15-20-10-13(11-21-15)22-16(23)19-9-8-12-6-4-5-7-14(12)18/h4-7,10-11H,8-9H2,1-3H3,(H2,19,22,23). The van der Waals surface area contributed by atoms with Gasteiger partial charge in [-0.15, -0.1) is 0 Å². The lowest BCUT2D eigenvalue weighted by atomic mass is 9.96. The van der Waals surface area contributed by atoms with Crippen LogP contribution in [0, 0.1) is 5.82 Å². The van der Waals surface area contributed by atoms with Crippen LogP contribution in [0.25, 0.3) is 0 Å². The first-order valence-electron chi connectivity index (χ1n) is 7.47. The fourth-order valence-electron chi connectivity index (χ4n) is 1.97. The van der Waals surface area contributed by atoms with E-state index >= 15 is 0 Å². The van der Waals surface area contributed by atoms with Gasteiger partial charge in [-0.3, -0.25) is 0 Å². The van der Waals surface area contributed by atoms with Crippen molar-refractivity contribution in [2.75, 3.05) is 11.9 Å². The number of anilines is 1. The van der Waals surface area contributed by atoms with Crippen molar-refractivity contribution >= 4 is 11.7 Å². The molecule has 1 heterocycles. The molecule has 0 saturated carbocycles. The predicted molar refractivity (Wildman–Crippen MR) is 87.9 cm³/mol. The van der Waals surface area contributed by atoms with Gasteiger partial charge >= 0.3 is 6.03 Å². The summed E-state index contributed by atoms with van der Waals surface area (Å²) in [4.78, 5) is 20.3. The van der Waals surface area contributed by atoms with Gasteiger partial charge in [-0.05, 0) is 18.1 Å². The number of aromatic nitrogens is 2. The van der Waals surface area contributed by atoms with E-state index in [2.05, 4.69) is 20.6 Å². The molecule has 0 aliphatic heterocycles. The van der Waals surface area contributed by atoms with Gasteiger partial charge in [0.15, 0.2) is 0 Å². The first-order valence-corrected chi connectivity index (χ1v) is 7.47. The number of nitrogens with one attached hydrogen (secondary N) is 2. The fraction of sp³-hybridized carbons (Fsp3) is 0.353. The van der Waals surface area contributed by atoms with Crippen LogP contribution >= 0.6 is 0 Å². The molecule has 0 saturated heterocycles. The van der Waals surface area contributed by atoms with E-state index in [9.17, 15) is 9.18 Å². The monoisotopic (exact) mass is 316 g/mol. The van der Waals surface area contributed by atoms with Crippen LogP contribution in [0.2, 0.25) is 0 Å². The summed E-state index contributed by atoms with van der Waals surface area (Å²) in [6.07, 6.45) is 3.58. The number of rotatable bonds is 4. The van der Waals surface area contributed by atoms with Crippen molar-refractivity contribution in [3.63, 3.8) is 0 Å². The summed E-state index contributed by atoms with van der Waals surface area (Å²) >= 11 is 0. The summed E-state index contributed by atoms with van der Waals surface area (Å²) in [7, 11) is 0. The normalized spacial score (nSPS) is 11.1. The second-order valence-corrected chi connectivity index (χ2v) is 6.27. The highest BCUT2D eigenvalue weighted by molar-refractivity contribution is 5.88. The molecule has 23 heavy (non-hydrogen) atoms. The number of carbonyl (C=O) groups is 1. The lowest BCUT2D eigenvalue weighted by molar-refractivity contribution is 0.252. The molecule has 0 radical (unpaired) electrons. The van der Waals surface area contributed by atoms with E-state index in [1.807, 2.05) is 20.8 Å². The van der Waals surface area contributed by atoms with Crippen LogP contribution in [0.15, 0.2) is 36.7 Å². The smallest absolute Gasteiger partial charge is 0.319 e. The molecule has 1 aromatic carbocycles. The summed E-state index contributed by atoms with van der Waals surface area (Å²) in [6, 6.07) is 6.15. The molecule has 2 rings (SSSR count). The Labute approximate surface area is 135 Å². The molecule has 0 aliphatic rings. The number of nitrogens with zero attached hydrogens (tertiary/aromatic N) is 2. The number of benzene rings is 1. The lowest BCUT2D eigenvalue weighted by Crippen LogP contribution is -2.30. The van der Waals surface area contributed by atoms with E-state index in [0.29, 0.717) is 30.0 Å². The summed E-state index contributed by atoms with van der Waals surface area (Å²) in [5, 5.41) is 5.33. The summed E-state index contributed by atoms with van der Waals surface area (Å²) in [5.41, 5.74) is 0.952. The quantitative estimate of drug-likeness (QED) is 0.909. The molecule has 5 nitrogen and oxygen atoms in total. The van der Waals surface area contributed by atoms with Crippen molar-refractivity contribution in [1.82, 2.24) is 15.3 Å². The third-order valence-corrected chi connectivity index (χ3v) is 3.22. The number of urea groups is 1. The molecule has 0 aliphatic carbocycles. The van der Waals surface area contributed by atoms with Crippen LogP contribution in [0.4, 0.5) is 14.9 Å². The molecule has 2 N–H and O–H groups in total. The highest BCUT2D eigenvalue weighted by Crippen LogP contribution is 2.18. The lowest BCUT2D eigenvalue weighted by Gasteiger charge is -2.16. The summed E-state index contributed by atoms with van der Waals surface area (Å²) in [5.74, 6) is 0.448. The molecule has 1 aromatic heterocycles. The summed E-state index contributed by atoms with van der Waals surface area (Å²) in [6.45, 7) is 6.40. The molecule has 0 bridgehead atoms. The molecule has 0 atom stereocenters. The van der Waals surface area contributed by atoms with E-state index in [4.69, 9.17) is 0 Å². The minimum absolute atomic E-state index is 0.138. The Hall–Kier alpha value is -2.50. The highest BCUT2D eigenvalue weighted by atomic mass is 19.1. The van der Waals surface area contributed by atoms with Crippen molar-refractivity contribution in [2.24, 2.45) is 0 Å². The Morgan fingerprint density at radius 1 is 1.17 bits per heavy atom. The van der Waals surface area contributed by atoms with Crippen LogP contribution in [-0.2, 0) is 11.8 Å². The van der Waals surface area contributed by atoms with Crippen molar-refractivity contribution < 1.29 is 9.18 Å². The van der Waals surface area contributed by atoms with Crippen molar-refractivity contribution in [1.29, 1.82) is 0 Å². The molecule has 0 unspecified atom stereocenters. The molecular formula is C17H21FN4O. The third-order valence-electron chi connectivity index (χ3n) is 3.22. The Balaban J connectivity index is 1.82. The molecule has 2 amide bonds. The topological polar surface area (TPSA) is 66.9 Å². The minimum atomic E-state index is -0.367. The number of amides is 2. The van der Waals surface area contributed by atoms with Crippen LogP contribution in [0.3, 0.4) is 0 Å². The van der Waals surface area contributed by atoms with Gasteiger partial charge in [-0.25, -0.2) is 19.2 Å². The van der Waals surface area contributed by atoms with Crippen LogP contribution < -0.4 is 10.6 Å². The zero-order valence-electron chi connectivity index (χ0n) is 13.6. The van der Waals surface area contributed by atoms with Gasteiger partial charge in [0.05, 0.1) is 18.1 Å².